The van der Waals surface area contributed by atoms with Crippen molar-refractivity contribution in [2.24, 2.45) is 5.73 Å². The van der Waals surface area contributed by atoms with Crippen molar-refractivity contribution in [2.45, 2.75) is 45.7 Å². The minimum atomic E-state index is -3.60. The summed E-state index contributed by atoms with van der Waals surface area (Å²) >= 11 is 2.98. The molecule has 0 rings (SSSR count). The number of ketones is 1. The molecular formula is C9H19BrNO4P. The van der Waals surface area contributed by atoms with E-state index in [1.54, 1.807) is 27.7 Å². The molecule has 0 bridgehead atoms. The third kappa shape index (κ3) is 5.06. The minimum Gasteiger partial charge on any atom is -0.311 e. The molecule has 96 valence electrons. The van der Waals surface area contributed by atoms with E-state index in [-0.39, 0.29) is 17.5 Å². The second-order valence-electron chi connectivity index (χ2n) is 3.89. The quantitative estimate of drug-likeness (QED) is 0.576. The molecule has 0 radical (unpaired) electrons. The summed E-state index contributed by atoms with van der Waals surface area (Å²) in [5, 5.41) is 0.0288. The molecule has 0 aliphatic rings. The molecule has 7 heteroatoms. The van der Waals surface area contributed by atoms with Gasteiger partial charge in [-0.15, -0.1) is 0 Å². The van der Waals surface area contributed by atoms with Gasteiger partial charge in [0.15, 0.2) is 11.6 Å². The zero-order valence-electron chi connectivity index (χ0n) is 9.97. The number of hydrogen-bond donors (Lipinski definition) is 1. The molecule has 0 aliphatic carbocycles. The molecule has 0 aliphatic heterocycles. The van der Waals surface area contributed by atoms with Crippen LogP contribution in [0.1, 0.15) is 27.7 Å². The molecule has 0 aromatic carbocycles. The molecule has 0 saturated carbocycles. The third-order valence-corrected chi connectivity index (χ3v) is 4.47. The van der Waals surface area contributed by atoms with Gasteiger partial charge in [-0.1, -0.05) is 15.9 Å². The van der Waals surface area contributed by atoms with Gasteiger partial charge in [0, 0.05) is 0 Å². The Morgan fingerprint density at radius 2 is 1.62 bits per heavy atom. The normalized spacial score (nSPS) is 14.5. The first-order chi connectivity index (χ1) is 7.23. The van der Waals surface area contributed by atoms with Crippen molar-refractivity contribution in [1.82, 2.24) is 0 Å². The van der Waals surface area contributed by atoms with Crippen LogP contribution in [0.25, 0.3) is 0 Å². The minimum absolute atomic E-state index is 0.0288. The molecule has 16 heavy (non-hydrogen) atoms. The zero-order valence-corrected chi connectivity index (χ0v) is 12.5. The van der Waals surface area contributed by atoms with E-state index in [4.69, 9.17) is 14.8 Å². The highest BCUT2D eigenvalue weighted by atomic mass is 79.9. The molecule has 5 nitrogen and oxygen atoms in total. The lowest BCUT2D eigenvalue weighted by atomic mass is 10.5. The van der Waals surface area contributed by atoms with Crippen molar-refractivity contribution >= 4 is 29.3 Å². The van der Waals surface area contributed by atoms with Crippen LogP contribution < -0.4 is 5.73 Å². The number of hydrogen-bond acceptors (Lipinski definition) is 5. The van der Waals surface area contributed by atoms with Crippen LogP contribution in [0.2, 0.25) is 0 Å². The van der Waals surface area contributed by atoms with Crippen LogP contribution in [0, 0.1) is 0 Å². The Bertz CT molecular complexity index is 269. The predicted molar refractivity (Wildman–Crippen MR) is 66.8 cm³/mol. The van der Waals surface area contributed by atoms with Crippen molar-refractivity contribution < 1.29 is 18.4 Å². The SMILES string of the molecule is CC(C)OP(=O)(OC(C)C)C(N)C(=O)CBr. The van der Waals surface area contributed by atoms with Crippen molar-refractivity contribution in [3.05, 3.63) is 0 Å². The maximum Gasteiger partial charge on any atom is 0.355 e. The molecule has 0 spiro atoms. The van der Waals surface area contributed by atoms with Gasteiger partial charge < -0.3 is 14.8 Å². The number of carbonyl (C=O) groups is 1. The average Bonchev–Trinajstić information content (AvgIpc) is 2.12. The summed E-state index contributed by atoms with van der Waals surface area (Å²) in [6.07, 6.45) is -0.641. The Hall–Kier alpha value is 0.260. The first kappa shape index (κ1) is 16.3. The Morgan fingerprint density at radius 3 is 1.88 bits per heavy atom. The van der Waals surface area contributed by atoms with E-state index in [1.165, 1.54) is 0 Å². The molecular weight excluding hydrogens is 297 g/mol. The highest BCUT2D eigenvalue weighted by Gasteiger charge is 2.39. The van der Waals surface area contributed by atoms with E-state index in [1.807, 2.05) is 0 Å². The molecule has 0 fully saturated rings. The van der Waals surface area contributed by atoms with Crippen molar-refractivity contribution in [3.8, 4) is 0 Å². The van der Waals surface area contributed by atoms with Gasteiger partial charge in [-0.3, -0.25) is 9.36 Å². The van der Waals surface area contributed by atoms with Gasteiger partial charge in [0.1, 0.15) is 0 Å². The lowest BCUT2D eigenvalue weighted by Crippen LogP contribution is -2.34. The number of halogens is 1. The topological polar surface area (TPSA) is 78.6 Å². The molecule has 0 amide bonds. The van der Waals surface area contributed by atoms with E-state index >= 15 is 0 Å². The van der Waals surface area contributed by atoms with Gasteiger partial charge in [-0.2, -0.15) is 0 Å². The summed E-state index contributed by atoms with van der Waals surface area (Å²) in [5.74, 6) is -1.64. The Morgan fingerprint density at radius 1 is 1.25 bits per heavy atom. The monoisotopic (exact) mass is 315 g/mol. The molecule has 1 unspecified atom stereocenters. The van der Waals surface area contributed by atoms with Crippen LogP contribution in [-0.2, 0) is 18.4 Å². The molecule has 2 N–H and O–H groups in total. The number of carbonyl (C=O) groups excluding carboxylic acids is 1. The van der Waals surface area contributed by atoms with E-state index in [0.717, 1.165) is 0 Å². The molecule has 0 aromatic rings. The maximum atomic E-state index is 12.3. The van der Waals surface area contributed by atoms with Crippen LogP contribution in [0.15, 0.2) is 0 Å². The fourth-order valence-corrected chi connectivity index (χ4v) is 3.53. The van der Waals surface area contributed by atoms with Gasteiger partial charge in [0.25, 0.3) is 0 Å². The predicted octanol–water partition coefficient (Wildman–Crippen LogP) is 2.28. The Balaban J connectivity index is 4.91. The van der Waals surface area contributed by atoms with E-state index in [2.05, 4.69) is 15.9 Å². The summed E-state index contributed by atoms with van der Waals surface area (Å²) in [4.78, 5) is 11.4. The molecule has 0 aromatic heterocycles. The van der Waals surface area contributed by atoms with Crippen LogP contribution in [0.5, 0.6) is 0 Å². The number of rotatable bonds is 7. The second kappa shape index (κ2) is 6.87. The second-order valence-corrected chi connectivity index (χ2v) is 6.51. The highest BCUT2D eigenvalue weighted by Crippen LogP contribution is 2.53. The van der Waals surface area contributed by atoms with Crippen LogP contribution >= 0.6 is 23.5 Å². The van der Waals surface area contributed by atoms with Gasteiger partial charge >= 0.3 is 7.60 Å². The largest absolute Gasteiger partial charge is 0.355 e. The number of nitrogens with two attached hydrogens (primary N) is 1. The van der Waals surface area contributed by atoms with Gasteiger partial charge in [0.2, 0.25) is 0 Å². The molecule has 0 heterocycles. The molecule has 0 saturated heterocycles. The standard InChI is InChI=1S/C9H19BrNO4P/c1-6(2)14-16(13,15-7(3)4)9(11)8(12)5-10/h6-7,9H,5,11H2,1-4H3. The summed E-state index contributed by atoms with van der Waals surface area (Å²) in [6, 6.07) is 0. The Labute approximate surface area is 105 Å². The van der Waals surface area contributed by atoms with Crippen molar-refractivity contribution in [3.63, 3.8) is 0 Å². The van der Waals surface area contributed by atoms with Crippen molar-refractivity contribution in [1.29, 1.82) is 0 Å². The van der Waals surface area contributed by atoms with Crippen LogP contribution in [0.4, 0.5) is 0 Å². The zero-order chi connectivity index (χ0) is 12.9. The lowest BCUT2D eigenvalue weighted by molar-refractivity contribution is -0.116. The summed E-state index contributed by atoms with van der Waals surface area (Å²) in [5.41, 5.74) is 5.61. The average molecular weight is 316 g/mol. The van der Waals surface area contributed by atoms with E-state index in [0.29, 0.717) is 0 Å². The maximum absolute atomic E-state index is 12.3. The lowest BCUT2D eigenvalue weighted by Gasteiger charge is -2.26. The first-order valence-electron chi connectivity index (χ1n) is 5.03. The van der Waals surface area contributed by atoms with Gasteiger partial charge in [0.05, 0.1) is 17.5 Å². The summed E-state index contributed by atoms with van der Waals surface area (Å²) in [6.45, 7) is 6.84. The summed E-state index contributed by atoms with van der Waals surface area (Å²) < 4.78 is 22.7. The highest BCUT2D eigenvalue weighted by molar-refractivity contribution is 9.09. The summed E-state index contributed by atoms with van der Waals surface area (Å²) in [7, 11) is -3.60. The number of Topliss-reactive ketones (excluding diaryl/α,β-unsaturated/α-hetero) is 1. The van der Waals surface area contributed by atoms with Crippen molar-refractivity contribution in [2.75, 3.05) is 5.33 Å². The molecule has 1 atom stereocenters. The van der Waals surface area contributed by atoms with Crippen LogP contribution in [0.3, 0.4) is 0 Å². The fourth-order valence-electron chi connectivity index (χ4n) is 0.999. The van der Waals surface area contributed by atoms with Gasteiger partial charge in [-0.05, 0) is 27.7 Å². The third-order valence-electron chi connectivity index (χ3n) is 1.52. The smallest absolute Gasteiger partial charge is 0.311 e. The van der Waals surface area contributed by atoms with Crippen LogP contribution in [-0.4, -0.2) is 29.1 Å². The van der Waals surface area contributed by atoms with E-state index in [9.17, 15) is 9.36 Å². The Kier molecular flexibility index (Phi) is 6.98. The van der Waals surface area contributed by atoms with Gasteiger partial charge in [-0.25, -0.2) is 0 Å². The fraction of sp³-hybridized carbons (Fsp3) is 0.889. The number of alkyl halides is 1. The van der Waals surface area contributed by atoms with E-state index < -0.39 is 19.2 Å². The first-order valence-corrected chi connectivity index (χ1v) is 7.77.